The third-order valence-corrected chi connectivity index (χ3v) is 4.91. The summed E-state index contributed by atoms with van der Waals surface area (Å²) in [5.74, 6) is -1.80. The molecule has 5 nitrogen and oxygen atoms in total. The van der Waals surface area contributed by atoms with E-state index < -0.39 is 23.6 Å². The highest BCUT2D eigenvalue weighted by Gasteiger charge is 2.38. The zero-order valence-electron chi connectivity index (χ0n) is 15.7. The first kappa shape index (κ1) is 19.9. The van der Waals surface area contributed by atoms with E-state index in [1.165, 1.54) is 7.11 Å². The fraction of sp³-hybridized carbons (Fsp3) is 0.333. The van der Waals surface area contributed by atoms with Crippen LogP contribution in [0.5, 0.6) is 0 Å². The van der Waals surface area contributed by atoms with Crippen molar-refractivity contribution in [2.24, 2.45) is 0 Å². The molecule has 0 saturated carbocycles. The Labute approximate surface area is 162 Å². The van der Waals surface area contributed by atoms with E-state index in [0.717, 1.165) is 23.8 Å². The standard InChI is InChI=1S/C21H22F2N2O3/c1-13-3-5-14(6-4-13)20(26)24-17-10-19(21(27)28-2)25(12-17)11-15-9-16(22)7-8-18(15)23/h3-9,17,19H,10-12H2,1-2H3,(H,24,26)/t17-,19+/m1/s1. The summed E-state index contributed by atoms with van der Waals surface area (Å²) in [6, 6.07) is 9.43. The molecule has 1 aliphatic heterocycles. The molecule has 7 heteroatoms. The number of nitrogens with zero attached hydrogens (tertiary/aromatic N) is 1. The Balaban J connectivity index is 1.73. The molecule has 0 unspecified atom stereocenters. The van der Waals surface area contributed by atoms with Crippen LogP contribution in [0.3, 0.4) is 0 Å². The fourth-order valence-corrected chi connectivity index (χ4v) is 3.42. The monoisotopic (exact) mass is 388 g/mol. The molecular formula is C21H22F2N2O3. The first-order valence-corrected chi connectivity index (χ1v) is 9.00. The van der Waals surface area contributed by atoms with Crippen LogP contribution >= 0.6 is 0 Å². The maximum absolute atomic E-state index is 14.0. The number of likely N-dealkylation sites (tertiary alicyclic amines) is 1. The molecule has 1 aliphatic rings. The topological polar surface area (TPSA) is 58.6 Å². The number of halogens is 2. The number of ether oxygens (including phenoxy) is 1. The zero-order valence-corrected chi connectivity index (χ0v) is 15.7. The summed E-state index contributed by atoms with van der Waals surface area (Å²) in [6.45, 7) is 2.30. The van der Waals surface area contributed by atoms with Crippen molar-refractivity contribution in [1.29, 1.82) is 0 Å². The molecule has 1 amide bonds. The molecule has 2 aromatic carbocycles. The van der Waals surface area contributed by atoms with Gasteiger partial charge in [-0.1, -0.05) is 17.7 Å². The second-order valence-corrected chi connectivity index (χ2v) is 6.98. The third kappa shape index (κ3) is 4.54. The number of aryl methyl sites for hydroxylation is 1. The highest BCUT2D eigenvalue weighted by molar-refractivity contribution is 5.94. The number of benzene rings is 2. The van der Waals surface area contributed by atoms with Crippen LogP contribution in [-0.4, -0.2) is 42.5 Å². The third-order valence-electron chi connectivity index (χ3n) is 4.91. The second-order valence-electron chi connectivity index (χ2n) is 6.98. The van der Waals surface area contributed by atoms with Crippen LogP contribution < -0.4 is 5.32 Å². The molecule has 0 aromatic heterocycles. The van der Waals surface area contributed by atoms with Gasteiger partial charge in [0.1, 0.15) is 17.7 Å². The van der Waals surface area contributed by atoms with E-state index in [4.69, 9.17) is 4.74 Å². The van der Waals surface area contributed by atoms with Gasteiger partial charge >= 0.3 is 5.97 Å². The number of rotatable bonds is 5. The lowest BCUT2D eigenvalue weighted by Crippen LogP contribution is -2.38. The van der Waals surface area contributed by atoms with Crippen molar-refractivity contribution in [2.75, 3.05) is 13.7 Å². The van der Waals surface area contributed by atoms with Gasteiger partial charge in [0.05, 0.1) is 7.11 Å². The van der Waals surface area contributed by atoms with Crippen molar-refractivity contribution in [3.63, 3.8) is 0 Å². The molecule has 1 N–H and O–H groups in total. The van der Waals surface area contributed by atoms with Crippen LogP contribution in [0.25, 0.3) is 0 Å². The van der Waals surface area contributed by atoms with Gasteiger partial charge in [-0.25, -0.2) is 8.78 Å². The Morgan fingerprint density at radius 3 is 2.57 bits per heavy atom. The van der Waals surface area contributed by atoms with Crippen LogP contribution in [0.2, 0.25) is 0 Å². The van der Waals surface area contributed by atoms with E-state index in [-0.39, 0.29) is 24.1 Å². The van der Waals surface area contributed by atoms with Crippen LogP contribution in [-0.2, 0) is 16.1 Å². The summed E-state index contributed by atoms with van der Waals surface area (Å²) in [4.78, 5) is 26.3. The summed E-state index contributed by atoms with van der Waals surface area (Å²) in [6.07, 6.45) is 0.335. The van der Waals surface area contributed by atoms with E-state index in [0.29, 0.717) is 18.5 Å². The number of hydrogen-bond donors (Lipinski definition) is 1. The summed E-state index contributed by atoms with van der Waals surface area (Å²) >= 11 is 0. The maximum Gasteiger partial charge on any atom is 0.323 e. The van der Waals surface area contributed by atoms with Crippen LogP contribution in [0.1, 0.15) is 27.9 Å². The highest BCUT2D eigenvalue weighted by Crippen LogP contribution is 2.23. The van der Waals surface area contributed by atoms with Gasteiger partial charge in [0.15, 0.2) is 0 Å². The number of methoxy groups -OCH3 is 1. The van der Waals surface area contributed by atoms with E-state index in [1.807, 2.05) is 19.1 Å². The zero-order chi connectivity index (χ0) is 20.3. The van der Waals surface area contributed by atoms with Crippen LogP contribution in [0, 0.1) is 18.6 Å². The molecule has 148 valence electrons. The molecule has 28 heavy (non-hydrogen) atoms. The predicted molar refractivity (Wildman–Crippen MR) is 99.6 cm³/mol. The lowest BCUT2D eigenvalue weighted by Gasteiger charge is -2.22. The van der Waals surface area contributed by atoms with Gasteiger partial charge in [-0.05, 0) is 43.7 Å². The van der Waals surface area contributed by atoms with Gasteiger partial charge in [-0.3, -0.25) is 14.5 Å². The Bertz CT molecular complexity index is 870. The number of carbonyl (C=O) groups is 2. The molecule has 0 bridgehead atoms. The smallest absolute Gasteiger partial charge is 0.323 e. The summed E-state index contributed by atoms with van der Waals surface area (Å²) in [5.41, 5.74) is 1.72. The normalized spacial score (nSPS) is 19.4. The van der Waals surface area contributed by atoms with E-state index in [1.54, 1.807) is 17.0 Å². The number of hydrogen-bond acceptors (Lipinski definition) is 4. The second kappa shape index (κ2) is 8.48. The molecule has 3 rings (SSSR count). The molecule has 0 aliphatic carbocycles. The fourth-order valence-electron chi connectivity index (χ4n) is 3.42. The average molecular weight is 388 g/mol. The van der Waals surface area contributed by atoms with Crippen molar-refractivity contribution in [3.8, 4) is 0 Å². The van der Waals surface area contributed by atoms with Gasteiger partial charge in [0, 0.05) is 30.3 Å². The average Bonchev–Trinajstić information content (AvgIpc) is 3.06. The van der Waals surface area contributed by atoms with Crippen molar-refractivity contribution >= 4 is 11.9 Å². The van der Waals surface area contributed by atoms with Crippen molar-refractivity contribution in [2.45, 2.75) is 32.0 Å². The van der Waals surface area contributed by atoms with E-state index in [2.05, 4.69) is 5.32 Å². The molecule has 0 radical (unpaired) electrons. The number of nitrogens with one attached hydrogen (secondary N) is 1. The van der Waals surface area contributed by atoms with Crippen molar-refractivity contribution in [1.82, 2.24) is 10.2 Å². The van der Waals surface area contributed by atoms with Gasteiger partial charge in [-0.15, -0.1) is 0 Å². The summed E-state index contributed by atoms with van der Waals surface area (Å²) in [7, 11) is 1.28. The highest BCUT2D eigenvalue weighted by atomic mass is 19.1. The number of amides is 1. The Hall–Kier alpha value is -2.80. The Morgan fingerprint density at radius 1 is 1.18 bits per heavy atom. The van der Waals surface area contributed by atoms with E-state index >= 15 is 0 Å². The lowest BCUT2D eigenvalue weighted by atomic mass is 10.1. The van der Waals surface area contributed by atoms with Crippen LogP contribution in [0.15, 0.2) is 42.5 Å². The van der Waals surface area contributed by atoms with Crippen molar-refractivity contribution in [3.05, 3.63) is 70.8 Å². The Morgan fingerprint density at radius 2 is 1.89 bits per heavy atom. The van der Waals surface area contributed by atoms with Gasteiger partial charge in [0.25, 0.3) is 5.91 Å². The van der Waals surface area contributed by atoms with E-state index in [9.17, 15) is 18.4 Å². The minimum atomic E-state index is -0.643. The first-order valence-electron chi connectivity index (χ1n) is 9.00. The molecular weight excluding hydrogens is 366 g/mol. The molecule has 2 atom stereocenters. The minimum Gasteiger partial charge on any atom is -0.468 e. The number of esters is 1. The predicted octanol–water partition coefficient (Wildman–Crippen LogP) is 2.82. The van der Waals surface area contributed by atoms with Gasteiger partial charge in [0.2, 0.25) is 0 Å². The molecule has 1 fully saturated rings. The molecule has 0 spiro atoms. The quantitative estimate of drug-likeness (QED) is 0.801. The van der Waals surface area contributed by atoms with Crippen molar-refractivity contribution < 1.29 is 23.1 Å². The largest absolute Gasteiger partial charge is 0.468 e. The van der Waals surface area contributed by atoms with Crippen LogP contribution in [0.4, 0.5) is 8.78 Å². The summed E-state index contributed by atoms with van der Waals surface area (Å²) in [5, 5.41) is 2.91. The number of carbonyl (C=O) groups excluding carboxylic acids is 2. The first-order chi connectivity index (χ1) is 13.4. The molecule has 2 aromatic rings. The summed E-state index contributed by atoms with van der Waals surface area (Å²) < 4.78 is 32.3. The maximum atomic E-state index is 14.0. The molecule has 1 saturated heterocycles. The van der Waals surface area contributed by atoms with Gasteiger partial charge < -0.3 is 10.1 Å². The SMILES string of the molecule is COC(=O)[C@@H]1C[C@@H](NC(=O)c2ccc(C)cc2)CN1Cc1cc(F)ccc1F. The minimum absolute atomic E-state index is 0.0419. The van der Waals surface area contributed by atoms with Gasteiger partial charge in [-0.2, -0.15) is 0 Å². The molecule has 1 heterocycles. The Kier molecular flexibility index (Phi) is 6.04. The lowest BCUT2D eigenvalue weighted by molar-refractivity contribution is -0.146.